The summed E-state index contributed by atoms with van der Waals surface area (Å²) in [7, 11) is 0. The van der Waals surface area contributed by atoms with Gasteiger partial charge in [0.15, 0.2) is 0 Å². The van der Waals surface area contributed by atoms with Gasteiger partial charge in [0.25, 0.3) is 0 Å². The summed E-state index contributed by atoms with van der Waals surface area (Å²) >= 11 is 0. The molecule has 1 aromatic carbocycles. The number of nitrogens with one attached hydrogen (secondary N) is 1. The molecule has 0 amide bonds. The van der Waals surface area contributed by atoms with Crippen LogP contribution in [0.2, 0.25) is 0 Å². The van der Waals surface area contributed by atoms with Crippen LogP contribution in [-0.2, 0) is 0 Å². The molecule has 0 spiro atoms. The molecule has 3 rings (SSSR count). The summed E-state index contributed by atoms with van der Waals surface area (Å²) in [6.07, 6.45) is 1.09. The number of aromatic nitrogens is 2. The molecule has 3 nitrogen and oxygen atoms in total. The van der Waals surface area contributed by atoms with E-state index in [0.29, 0.717) is 12.0 Å². The van der Waals surface area contributed by atoms with Gasteiger partial charge in [0.2, 0.25) is 0 Å². The molecular formula is C17H23N3. The number of fused-ring (bicyclic) bond motifs is 1. The van der Waals surface area contributed by atoms with Gasteiger partial charge in [-0.15, -0.1) is 0 Å². The topological polar surface area (TPSA) is 29.9 Å². The summed E-state index contributed by atoms with van der Waals surface area (Å²) in [5, 5.41) is 8.29. The SMILES string of the molecule is Cc1cc(C)cc(C2CCNc3cc(C(C)C)nn32)c1. The molecule has 1 aromatic heterocycles. The molecule has 1 aliphatic rings. The molecule has 1 atom stereocenters. The van der Waals surface area contributed by atoms with Crippen molar-refractivity contribution >= 4 is 5.82 Å². The molecule has 1 N–H and O–H groups in total. The average Bonchev–Trinajstić information content (AvgIpc) is 2.81. The highest BCUT2D eigenvalue weighted by atomic mass is 15.4. The van der Waals surface area contributed by atoms with E-state index in [4.69, 9.17) is 5.10 Å². The van der Waals surface area contributed by atoms with E-state index in [2.05, 4.69) is 62.0 Å². The molecule has 1 unspecified atom stereocenters. The van der Waals surface area contributed by atoms with Crippen molar-refractivity contribution in [3.63, 3.8) is 0 Å². The summed E-state index contributed by atoms with van der Waals surface area (Å²) in [6.45, 7) is 9.74. The van der Waals surface area contributed by atoms with E-state index in [1.54, 1.807) is 0 Å². The van der Waals surface area contributed by atoms with Gasteiger partial charge in [-0.2, -0.15) is 5.10 Å². The fourth-order valence-corrected chi connectivity index (χ4v) is 3.03. The van der Waals surface area contributed by atoms with Crippen LogP contribution in [0.1, 0.15) is 54.6 Å². The molecule has 2 aromatic rings. The van der Waals surface area contributed by atoms with Crippen molar-refractivity contribution in [2.75, 3.05) is 11.9 Å². The molecule has 1 aliphatic heterocycles. The lowest BCUT2D eigenvalue weighted by Crippen LogP contribution is -2.24. The third-order valence-electron chi connectivity index (χ3n) is 3.99. The van der Waals surface area contributed by atoms with Gasteiger partial charge in [0, 0.05) is 12.6 Å². The molecule has 2 heterocycles. The Balaban J connectivity index is 2.04. The molecule has 3 heteroatoms. The first-order valence-electron chi connectivity index (χ1n) is 7.46. The Morgan fingerprint density at radius 2 is 1.85 bits per heavy atom. The van der Waals surface area contributed by atoms with Crippen LogP contribution in [0, 0.1) is 13.8 Å². The van der Waals surface area contributed by atoms with Crippen molar-refractivity contribution in [1.29, 1.82) is 0 Å². The van der Waals surface area contributed by atoms with Gasteiger partial charge >= 0.3 is 0 Å². The molecule has 0 radical (unpaired) electrons. The van der Waals surface area contributed by atoms with Gasteiger partial charge in [-0.1, -0.05) is 43.2 Å². The Morgan fingerprint density at radius 1 is 1.15 bits per heavy atom. The quantitative estimate of drug-likeness (QED) is 0.892. The van der Waals surface area contributed by atoms with Crippen molar-refractivity contribution in [3.8, 4) is 0 Å². The predicted molar refractivity (Wildman–Crippen MR) is 83.5 cm³/mol. The van der Waals surface area contributed by atoms with Crippen LogP contribution in [0.5, 0.6) is 0 Å². The first-order chi connectivity index (χ1) is 9.54. The zero-order valence-electron chi connectivity index (χ0n) is 12.8. The van der Waals surface area contributed by atoms with E-state index in [0.717, 1.165) is 18.8 Å². The second-order valence-electron chi connectivity index (χ2n) is 6.21. The maximum absolute atomic E-state index is 4.82. The third-order valence-corrected chi connectivity index (χ3v) is 3.99. The number of hydrogen-bond donors (Lipinski definition) is 1. The summed E-state index contributed by atoms with van der Waals surface area (Å²) < 4.78 is 2.17. The van der Waals surface area contributed by atoms with E-state index < -0.39 is 0 Å². The maximum atomic E-state index is 4.82. The van der Waals surface area contributed by atoms with Crippen LogP contribution < -0.4 is 5.32 Å². The third kappa shape index (κ3) is 2.33. The monoisotopic (exact) mass is 269 g/mol. The summed E-state index contributed by atoms with van der Waals surface area (Å²) in [6, 6.07) is 9.37. The Morgan fingerprint density at radius 3 is 2.50 bits per heavy atom. The van der Waals surface area contributed by atoms with Gasteiger partial charge in [-0.25, -0.2) is 4.68 Å². The molecule has 0 saturated heterocycles. The fourth-order valence-electron chi connectivity index (χ4n) is 3.03. The molecule has 0 aliphatic carbocycles. The lowest BCUT2D eigenvalue weighted by atomic mass is 9.98. The Labute approximate surface area is 121 Å². The molecule has 0 saturated carbocycles. The highest BCUT2D eigenvalue weighted by Crippen LogP contribution is 2.32. The van der Waals surface area contributed by atoms with E-state index in [-0.39, 0.29) is 0 Å². The van der Waals surface area contributed by atoms with Crippen molar-refractivity contribution in [2.45, 2.75) is 46.1 Å². The molecule has 0 bridgehead atoms. The van der Waals surface area contributed by atoms with Crippen molar-refractivity contribution < 1.29 is 0 Å². The zero-order valence-corrected chi connectivity index (χ0v) is 12.8. The predicted octanol–water partition coefficient (Wildman–Crippen LogP) is 4.03. The van der Waals surface area contributed by atoms with Crippen molar-refractivity contribution in [3.05, 3.63) is 46.6 Å². The Bertz CT molecular complexity index is 605. The largest absolute Gasteiger partial charge is 0.370 e. The van der Waals surface area contributed by atoms with Crippen molar-refractivity contribution in [1.82, 2.24) is 9.78 Å². The first kappa shape index (κ1) is 13.2. The number of benzene rings is 1. The van der Waals surface area contributed by atoms with Gasteiger partial charge in [0.05, 0.1) is 11.7 Å². The number of hydrogen-bond acceptors (Lipinski definition) is 2. The van der Waals surface area contributed by atoms with E-state index >= 15 is 0 Å². The highest BCUT2D eigenvalue weighted by Gasteiger charge is 2.24. The molecule has 106 valence electrons. The minimum Gasteiger partial charge on any atom is -0.370 e. The van der Waals surface area contributed by atoms with Gasteiger partial charge < -0.3 is 5.32 Å². The first-order valence-corrected chi connectivity index (χ1v) is 7.46. The van der Waals surface area contributed by atoms with Crippen molar-refractivity contribution in [2.24, 2.45) is 0 Å². The maximum Gasteiger partial charge on any atom is 0.125 e. The minimum absolute atomic E-state index is 0.359. The standard InChI is InChI=1S/C17H23N3/c1-11(2)15-10-17-18-6-5-16(20(17)19-15)14-8-12(3)7-13(4)9-14/h7-11,16,18H,5-6H2,1-4H3. The number of aryl methyl sites for hydroxylation is 2. The molecular weight excluding hydrogens is 246 g/mol. The fraction of sp³-hybridized carbons (Fsp3) is 0.471. The minimum atomic E-state index is 0.359. The number of rotatable bonds is 2. The van der Waals surface area contributed by atoms with Crippen LogP contribution in [0.4, 0.5) is 5.82 Å². The second kappa shape index (κ2) is 4.97. The van der Waals surface area contributed by atoms with Crippen LogP contribution in [-0.4, -0.2) is 16.3 Å². The smallest absolute Gasteiger partial charge is 0.125 e. The van der Waals surface area contributed by atoms with Crippen LogP contribution >= 0.6 is 0 Å². The number of anilines is 1. The van der Waals surface area contributed by atoms with Crippen LogP contribution in [0.25, 0.3) is 0 Å². The van der Waals surface area contributed by atoms with E-state index in [9.17, 15) is 0 Å². The zero-order chi connectivity index (χ0) is 14.3. The lowest BCUT2D eigenvalue weighted by Gasteiger charge is -2.26. The van der Waals surface area contributed by atoms with Gasteiger partial charge in [0.1, 0.15) is 5.82 Å². The normalized spacial score (nSPS) is 17.9. The van der Waals surface area contributed by atoms with Gasteiger partial charge in [-0.3, -0.25) is 0 Å². The summed E-state index contributed by atoms with van der Waals surface area (Å²) in [5.74, 6) is 1.62. The Kier molecular flexibility index (Phi) is 3.28. The second-order valence-corrected chi connectivity index (χ2v) is 6.21. The van der Waals surface area contributed by atoms with Crippen LogP contribution in [0.15, 0.2) is 24.3 Å². The van der Waals surface area contributed by atoms with E-state index in [1.807, 2.05) is 0 Å². The van der Waals surface area contributed by atoms with E-state index in [1.165, 1.54) is 22.4 Å². The summed E-state index contributed by atoms with van der Waals surface area (Å²) in [5.41, 5.74) is 5.21. The van der Waals surface area contributed by atoms with Gasteiger partial charge in [-0.05, 0) is 31.7 Å². The lowest BCUT2D eigenvalue weighted by molar-refractivity contribution is 0.475. The van der Waals surface area contributed by atoms with Crippen LogP contribution in [0.3, 0.4) is 0 Å². The molecule has 0 fully saturated rings. The number of nitrogens with zero attached hydrogens (tertiary/aromatic N) is 2. The Hall–Kier alpha value is -1.77. The average molecular weight is 269 g/mol. The summed E-state index contributed by atoms with van der Waals surface area (Å²) in [4.78, 5) is 0. The highest BCUT2D eigenvalue weighted by molar-refractivity contribution is 5.43. The molecule has 20 heavy (non-hydrogen) atoms.